The zero-order valence-corrected chi connectivity index (χ0v) is 16.8. The van der Waals surface area contributed by atoms with Gasteiger partial charge in [0.05, 0.1) is 30.6 Å². The lowest BCUT2D eigenvalue weighted by atomic mass is 10.0. The fourth-order valence-corrected chi connectivity index (χ4v) is 4.27. The number of hydrogen-bond acceptors (Lipinski definition) is 3. The Morgan fingerprint density at radius 2 is 2.00 bits per heavy atom. The van der Waals surface area contributed by atoms with E-state index in [1.807, 2.05) is 59.3 Å². The summed E-state index contributed by atoms with van der Waals surface area (Å²) in [4.78, 5) is 6.66. The predicted molar refractivity (Wildman–Crippen MR) is 115 cm³/mol. The van der Waals surface area contributed by atoms with Crippen LogP contribution in [-0.4, -0.2) is 19.6 Å². The third-order valence-corrected chi connectivity index (χ3v) is 5.63. The van der Waals surface area contributed by atoms with Crippen molar-refractivity contribution in [2.75, 3.05) is 0 Å². The van der Waals surface area contributed by atoms with Crippen molar-refractivity contribution in [3.63, 3.8) is 0 Å². The van der Waals surface area contributed by atoms with Gasteiger partial charge in [-0.2, -0.15) is 0 Å². The van der Waals surface area contributed by atoms with Crippen LogP contribution < -0.4 is 5.32 Å². The Balaban J connectivity index is 1.61. The van der Waals surface area contributed by atoms with Crippen molar-refractivity contribution in [3.8, 4) is 5.69 Å². The van der Waals surface area contributed by atoms with Crippen molar-refractivity contribution in [1.82, 2.24) is 19.8 Å². The molecule has 150 valence electrons. The summed E-state index contributed by atoms with van der Waals surface area (Å²) in [5, 5.41) is 4.05. The van der Waals surface area contributed by atoms with Gasteiger partial charge in [-0.05, 0) is 66.8 Å². The van der Waals surface area contributed by atoms with Gasteiger partial charge in [0.25, 0.3) is 0 Å². The first-order valence-corrected chi connectivity index (χ1v) is 10.1. The van der Waals surface area contributed by atoms with Gasteiger partial charge < -0.3 is 19.2 Å². The maximum atomic E-state index is 13.9. The van der Waals surface area contributed by atoms with Crippen LogP contribution in [0.15, 0.2) is 89.8 Å². The van der Waals surface area contributed by atoms with E-state index >= 15 is 0 Å². The van der Waals surface area contributed by atoms with Gasteiger partial charge in [-0.3, -0.25) is 4.98 Å². The van der Waals surface area contributed by atoms with Crippen LogP contribution in [0.3, 0.4) is 0 Å². The van der Waals surface area contributed by atoms with Gasteiger partial charge >= 0.3 is 0 Å². The normalized spacial score (nSPS) is 18.6. The molecule has 0 saturated carbocycles. The molecule has 1 aromatic carbocycles. The summed E-state index contributed by atoms with van der Waals surface area (Å²) < 4.78 is 21.5. The summed E-state index contributed by atoms with van der Waals surface area (Å²) in [5.41, 5.74) is 2.62. The highest BCUT2D eigenvalue weighted by Gasteiger charge is 2.41. The zero-order chi connectivity index (χ0) is 20.5. The smallest absolute Gasteiger partial charge is 0.170 e. The van der Waals surface area contributed by atoms with Crippen LogP contribution >= 0.6 is 12.2 Å². The maximum absolute atomic E-state index is 13.9. The molecule has 1 aliphatic rings. The molecule has 1 N–H and O–H groups in total. The molecule has 0 spiro atoms. The molecule has 2 atom stereocenters. The largest absolute Gasteiger partial charge is 0.467 e. The number of halogens is 1. The van der Waals surface area contributed by atoms with Crippen molar-refractivity contribution in [2.45, 2.75) is 18.6 Å². The van der Waals surface area contributed by atoms with E-state index in [4.69, 9.17) is 16.6 Å². The van der Waals surface area contributed by atoms with Crippen LogP contribution in [0.4, 0.5) is 4.39 Å². The Hall–Kier alpha value is -3.45. The Morgan fingerprint density at radius 3 is 2.77 bits per heavy atom. The van der Waals surface area contributed by atoms with Gasteiger partial charge in [-0.25, -0.2) is 4.39 Å². The Bertz CT molecular complexity index is 1160. The SMILES string of the molecule is Fc1cccc(-n2cccc2[C@H]2[C@H](c3ccccn3)NC(=S)N2Cc2ccco2)c1. The first-order valence-electron chi connectivity index (χ1n) is 9.64. The van der Waals surface area contributed by atoms with E-state index < -0.39 is 0 Å². The fraction of sp³-hybridized carbons (Fsp3) is 0.130. The first kappa shape index (κ1) is 18.6. The van der Waals surface area contributed by atoms with Crippen LogP contribution in [0.1, 0.15) is 29.2 Å². The lowest BCUT2D eigenvalue weighted by molar-refractivity contribution is 0.280. The van der Waals surface area contributed by atoms with Crippen LogP contribution in [0.5, 0.6) is 0 Å². The zero-order valence-electron chi connectivity index (χ0n) is 16.0. The molecular formula is C23H19FN4OS. The van der Waals surface area contributed by atoms with Crippen LogP contribution in [0.2, 0.25) is 0 Å². The second-order valence-electron chi connectivity index (χ2n) is 7.12. The van der Waals surface area contributed by atoms with Gasteiger partial charge in [0, 0.05) is 23.8 Å². The summed E-state index contributed by atoms with van der Waals surface area (Å²) >= 11 is 5.70. The highest BCUT2D eigenvalue weighted by atomic mass is 32.1. The number of thiocarbonyl (C=S) groups is 1. The average Bonchev–Trinajstić information content (AvgIpc) is 3.50. The van der Waals surface area contributed by atoms with Gasteiger partial charge in [-0.15, -0.1) is 0 Å². The highest BCUT2D eigenvalue weighted by Crippen LogP contribution is 2.40. The number of hydrogen-bond donors (Lipinski definition) is 1. The van der Waals surface area contributed by atoms with Crippen molar-refractivity contribution in [1.29, 1.82) is 0 Å². The molecule has 0 unspecified atom stereocenters. The molecule has 1 fully saturated rings. The summed E-state index contributed by atoms with van der Waals surface area (Å²) in [6, 6.07) is 19.9. The van der Waals surface area contributed by atoms with E-state index in [1.54, 1.807) is 18.5 Å². The molecule has 0 radical (unpaired) electrons. The molecule has 5 nitrogen and oxygen atoms in total. The lowest BCUT2D eigenvalue weighted by Gasteiger charge is -2.28. The molecule has 0 amide bonds. The number of rotatable bonds is 5. The molecule has 0 bridgehead atoms. The predicted octanol–water partition coefficient (Wildman–Crippen LogP) is 4.78. The second-order valence-corrected chi connectivity index (χ2v) is 7.50. The van der Waals surface area contributed by atoms with Gasteiger partial charge in [-0.1, -0.05) is 12.1 Å². The van der Waals surface area contributed by atoms with Crippen molar-refractivity contribution in [2.24, 2.45) is 0 Å². The molecular weight excluding hydrogens is 399 g/mol. The highest BCUT2D eigenvalue weighted by molar-refractivity contribution is 7.80. The van der Waals surface area contributed by atoms with Gasteiger partial charge in [0.15, 0.2) is 5.11 Å². The van der Waals surface area contributed by atoms with Crippen molar-refractivity contribution in [3.05, 3.63) is 108 Å². The molecule has 1 saturated heterocycles. The number of nitrogens with one attached hydrogen (secondary N) is 1. The number of aromatic nitrogens is 2. The third kappa shape index (κ3) is 3.37. The van der Waals surface area contributed by atoms with Gasteiger partial charge in [0.2, 0.25) is 0 Å². The Kier molecular flexibility index (Phi) is 4.80. The quantitative estimate of drug-likeness (QED) is 0.473. The summed E-state index contributed by atoms with van der Waals surface area (Å²) in [7, 11) is 0. The van der Waals surface area contributed by atoms with E-state index in [-0.39, 0.29) is 17.9 Å². The standard InChI is InChI=1S/C23H19FN4OS/c24-16-6-3-7-17(14-16)27-12-4-10-20(27)22-21(19-9-1-2-11-25-19)26-23(30)28(22)15-18-8-5-13-29-18/h1-14,21-22H,15H2,(H,26,30)/t21-,22-/m0/s1. The molecule has 4 heterocycles. The minimum Gasteiger partial charge on any atom is -0.467 e. The number of nitrogens with zero attached hydrogens (tertiary/aromatic N) is 3. The molecule has 0 aliphatic carbocycles. The lowest BCUT2D eigenvalue weighted by Crippen LogP contribution is -2.29. The van der Waals surface area contributed by atoms with E-state index in [2.05, 4.69) is 15.2 Å². The first-order chi connectivity index (χ1) is 14.7. The summed E-state index contributed by atoms with van der Waals surface area (Å²) in [6.45, 7) is 0.515. The van der Waals surface area contributed by atoms with Crippen molar-refractivity contribution >= 4 is 17.3 Å². The average molecular weight is 418 g/mol. The van der Waals surface area contributed by atoms with Crippen LogP contribution in [0.25, 0.3) is 5.69 Å². The number of furan rings is 1. The van der Waals surface area contributed by atoms with E-state index in [9.17, 15) is 4.39 Å². The topological polar surface area (TPSA) is 46.2 Å². The molecule has 5 rings (SSSR count). The monoisotopic (exact) mass is 418 g/mol. The van der Waals surface area contributed by atoms with E-state index in [1.165, 1.54) is 12.1 Å². The number of pyridine rings is 1. The van der Waals surface area contributed by atoms with Crippen LogP contribution in [-0.2, 0) is 6.54 Å². The second kappa shape index (κ2) is 7.76. The minimum atomic E-state index is -0.277. The molecule has 30 heavy (non-hydrogen) atoms. The minimum absolute atomic E-state index is 0.157. The Morgan fingerprint density at radius 1 is 1.07 bits per heavy atom. The maximum Gasteiger partial charge on any atom is 0.170 e. The van der Waals surface area contributed by atoms with Crippen LogP contribution in [0, 0.1) is 5.82 Å². The molecule has 1 aliphatic heterocycles. The summed E-state index contributed by atoms with van der Waals surface area (Å²) in [6.07, 6.45) is 5.37. The molecule has 3 aromatic heterocycles. The Labute approximate surface area is 178 Å². The molecule has 7 heteroatoms. The fourth-order valence-electron chi connectivity index (χ4n) is 3.96. The van der Waals surface area contributed by atoms with E-state index in [0.717, 1.165) is 22.8 Å². The third-order valence-electron chi connectivity index (χ3n) is 5.27. The van der Waals surface area contributed by atoms with E-state index in [0.29, 0.717) is 11.7 Å². The van der Waals surface area contributed by atoms with Crippen molar-refractivity contribution < 1.29 is 8.81 Å². The summed E-state index contributed by atoms with van der Waals surface area (Å²) in [5.74, 6) is 0.538. The van der Waals surface area contributed by atoms with Gasteiger partial charge in [0.1, 0.15) is 11.6 Å². The number of benzene rings is 1. The molecule has 4 aromatic rings.